The number of nitrogens with two attached hydrogens (primary N) is 1. The van der Waals surface area contributed by atoms with Gasteiger partial charge in [-0.1, -0.05) is 29.8 Å². The van der Waals surface area contributed by atoms with Gasteiger partial charge in [0.2, 0.25) is 5.82 Å². The van der Waals surface area contributed by atoms with Crippen molar-refractivity contribution in [1.82, 2.24) is 19.6 Å². The molecule has 5 rings (SSSR count). The highest BCUT2D eigenvalue weighted by atomic mass is 16.3. The molecular formula is C21H22N6O. The number of nitrogens with zero attached hydrogens (tertiary/aromatic N) is 5. The number of furan rings is 1. The maximum atomic E-state index is 6.29. The van der Waals surface area contributed by atoms with Crippen LogP contribution in [-0.2, 0) is 6.54 Å². The molecule has 0 aliphatic heterocycles. The first-order valence-corrected chi connectivity index (χ1v) is 9.53. The summed E-state index contributed by atoms with van der Waals surface area (Å²) in [6, 6.07) is 14.1. The molecule has 1 saturated carbocycles. The molecule has 0 bridgehead atoms. The van der Waals surface area contributed by atoms with Crippen molar-refractivity contribution in [1.29, 1.82) is 0 Å². The van der Waals surface area contributed by atoms with Crippen molar-refractivity contribution < 1.29 is 4.42 Å². The predicted molar refractivity (Wildman–Crippen MR) is 108 cm³/mol. The Morgan fingerprint density at radius 2 is 2.07 bits per heavy atom. The number of anilines is 2. The van der Waals surface area contributed by atoms with E-state index < -0.39 is 0 Å². The van der Waals surface area contributed by atoms with Crippen LogP contribution in [0.15, 0.2) is 53.1 Å². The van der Waals surface area contributed by atoms with E-state index in [-0.39, 0.29) is 0 Å². The molecule has 1 aromatic carbocycles. The van der Waals surface area contributed by atoms with Crippen LogP contribution >= 0.6 is 0 Å². The zero-order valence-electron chi connectivity index (χ0n) is 15.7. The van der Waals surface area contributed by atoms with Crippen LogP contribution in [0.5, 0.6) is 0 Å². The van der Waals surface area contributed by atoms with Crippen molar-refractivity contribution >= 4 is 17.4 Å². The summed E-state index contributed by atoms with van der Waals surface area (Å²) in [6.45, 7) is 3.87. The molecule has 0 unspecified atom stereocenters. The Morgan fingerprint density at radius 1 is 1.18 bits per heavy atom. The first kappa shape index (κ1) is 16.8. The molecule has 0 amide bonds. The van der Waals surface area contributed by atoms with Crippen LogP contribution in [0.1, 0.15) is 24.0 Å². The van der Waals surface area contributed by atoms with Gasteiger partial charge in [0, 0.05) is 19.2 Å². The second-order valence-electron chi connectivity index (χ2n) is 7.48. The highest BCUT2D eigenvalue weighted by molar-refractivity contribution is 5.57. The van der Waals surface area contributed by atoms with Crippen molar-refractivity contribution in [2.75, 3.05) is 17.2 Å². The third-order valence-corrected chi connectivity index (χ3v) is 5.02. The molecule has 1 aliphatic rings. The molecule has 4 aromatic rings. The lowest BCUT2D eigenvalue weighted by atomic mass is 10.1. The molecule has 7 nitrogen and oxygen atoms in total. The van der Waals surface area contributed by atoms with E-state index >= 15 is 0 Å². The molecule has 0 radical (unpaired) electrons. The zero-order chi connectivity index (χ0) is 19.1. The van der Waals surface area contributed by atoms with Gasteiger partial charge in [-0.2, -0.15) is 14.5 Å². The number of aryl methyl sites for hydroxylation is 1. The quantitative estimate of drug-likeness (QED) is 0.554. The van der Waals surface area contributed by atoms with Crippen LogP contribution in [0, 0.1) is 12.8 Å². The lowest BCUT2D eigenvalue weighted by Gasteiger charge is -2.24. The summed E-state index contributed by atoms with van der Waals surface area (Å²) in [5.74, 6) is 3.62. The van der Waals surface area contributed by atoms with E-state index in [0.29, 0.717) is 23.2 Å². The van der Waals surface area contributed by atoms with E-state index in [9.17, 15) is 0 Å². The Morgan fingerprint density at radius 3 is 2.82 bits per heavy atom. The van der Waals surface area contributed by atoms with Crippen molar-refractivity contribution in [2.24, 2.45) is 5.92 Å². The van der Waals surface area contributed by atoms with Gasteiger partial charge < -0.3 is 15.1 Å². The smallest absolute Gasteiger partial charge is 0.256 e. The molecule has 28 heavy (non-hydrogen) atoms. The first-order chi connectivity index (χ1) is 13.7. The molecule has 0 spiro atoms. The zero-order valence-corrected chi connectivity index (χ0v) is 15.7. The van der Waals surface area contributed by atoms with E-state index in [1.165, 1.54) is 24.0 Å². The van der Waals surface area contributed by atoms with Crippen LogP contribution in [0.3, 0.4) is 0 Å². The topological polar surface area (TPSA) is 85.5 Å². The summed E-state index contributed by atoms with van der Waals surface area (Å²) in [5, 5.41) is 4.43. The largest absolute Gasteiger partial charge is 0.461 e. The fourth-order valence-electron chi connectivity index (χ4n) is 3.43. The van der Waals surface area contributed by atoms with Gasteiger partial charge in [0.25, 0.3) is 5.78 Å². The fourth-order valence-corrected chi connectivity index (χ4v) is 3.43. The van der Waals surface area contributed by atoms with Gasteiger partial charge in [-0.25, -0.2) is 0 Å². The second kappa shape index (κ2) is 6.67. The van der Waals surface area contributed by atoms with E-state index in [4.69, 9.17) is 15.1 Å². The first-order valence-electron chi connectivity index (χ1n) is 9.53. The van der Waals surface area contributed by atoms with Crippen LogP contribution in [0.2, 0.25) is 0 Å². The molecule has 0 saturated heterocycles. The van der Waals surface area contributed by atoms with Crippen LogP contribution in [0.25, 0.3) is 17.4 Å². The summed E-state index contributed by atoms with van der Waals surface area (Å²) in [5.41, 5.74) is 8.81. The Bertz CT molecular complexity index is 1110. The minimum Gasteiger partial charge on any atom is -0.461 e. The summed E-state index contributed by atoms with van der Waals surface area (Å²) in [6.07, 6.45) is 4.15. The fraction of sp³-hybridized carbons (Fsp3) is 0.286. The van der Waals surface area contributed by atoms with Gasteiger partial charge in [-0.05, 0) is 43.4 Å². The van der Waals surface area contributed by atoms with Gasteiger partial charge in [0.05, 0.1) is 6.26 Å². The van der Waals surface area contributed by atoms with Crippen molar-refractivity contribution in [2.45, 2.75) is 26.3 Å². The predicted octanol–water partition coefficient (Wildman–Crippen LogP) is 3.69. The van der Waals surface area contributed by atoms with E-state index in [0.717, 1.165) is 24.8 Å². The standard InChI is InChI=1S/C21H22N6O/c1-14-4-2-5-16(10-14)13-26(12-15-7-8-15)19-11-18(22)27-21(23-19)24-20(25-27)17-6-3-9-28-17/h2-6,9-11,15H,7-8,12-13,22H2,1H3. The maximum absolute atomic E-state index is 6.29. The normalized spacial score (nSPS) is 13.9. The molecule has 7 heteroatoms. The van der Waals surface area contributed by atoms with Crippen molar-refractivity contribution in [3.63, 3.8) is 0 Å². The van der Waals surface area contributed by atoms with Gasteiger partial charge in [0.15, 0.2) is 5.76 Å². The Balaban J connectivity index is 1.52. The molecule has 142 valence electrons. The molecule has 1 fully saturated rings. The number of benzene rings is 1. The van der Waals surface area contributed by atoms with E-state index in [2.05, 4.69) is 46.2 Å². The Hall–Kier alpha value is -3.35. The highest BCUT2D eigenvalue weighted by Gasteiger charge is 2.26. The van der Waals surface area contributed by atoms with Crippen LogP contribution < -0.4 is 10.6 Å². The van der Waals surface area contributed by atoms with E-state index in [1.807, 2.05) is 18.2 Å². The Labute approximate surface area is 162 Å². The molecule has 3 heterocycles. The van der Waals surface area contributed by atoms with Crippen molar-refractivity contribution in [3.05, 3.63) is 59.9 Å². The second-order valence-corrected chi connectivity index (χ2v) is 7.48. The number of rotatable bonds is 6. The third kappa shape index (κ3) is 3.31. The van der Waals surface area contributed by atoms with Gasteiger partial charge in [0.1, 0.15) is 11.6 Å². The average molecular weight is 374 g/mol. The highest BCUT2D eigenvalue weighted by Crippen LogP contribution is 2.32. The number of nitrogen functional groups attached to an aromatic ring is 1. The lowest BCUT2D eigenvalue weighted by molar-refractivity contribution is 0.577. The van der Waals surface area contributed by atoms with Crippen molar-refractivity contribution in [3.8, 4) is 11.6 Å². The molecule has 1 aliphatic carbocycles. The molecular weight excluding hydrogens is 352 g/mol. The number of hydrogen-bond acceptors (Lipinski definition) is 6. The average Bonchev–Trinajstić information content (AvgIpc) is 3.16. The minimum atomic E-state index is 0.478. The lowest BCUT2D eigenvalue weighted by Crippen LogP contribution is -2.26. The summed E-state index contributed by atoms with van der Waals surface area (Å²) >= 11 is 0. The third-order valence-electron chi connectivity index (χ3n) is 5.02. The monoisotopic (exact) mass is 374 g/mol. The molecule has 0 atom stereocenters. The summed E-state index contributed by atoms with van der Waals surface area (Å²) in [4.78, 5) is 11.6. The Kier molecular flexibility index (Phi) is 4.00. The number of hydrogen-bond donors (Lipinski definition) is 1. The van der Waals surface area contributed by atoms with Gasteiger partial charge in [-0.15, -0.1) is 5.10 Å². The number of aromatic nitrogens is 4. The molecule has 2 N–H and O–H groups in total. The van der Waals surface area contributed by atoms with Gasteiger partial charge in [-0.3, -0.25) is 0 Å². The minimum absolute atomic E-state index is 0.478. The maximum Gasteiger partial charge on any atom is 0.256 e. The van der Waals surface area contributed by atoms with Gasteiger partial charge >= 0.3 is 0 Å². The summed E-state index contributed by atoms with van der Waals surface area (Å²) in [7, 11) is 0. The number of fused-ring (bicyclic) bond motifs is 1. The van der Waals surface area contributed by atoms with E-state index in [1.54, 1.807) is 10.8 Å². The SMILES string of the molecule is Cc1cccc(CN(CC2CC2)c2cc(N)n3nc(-c4ccco4)nc3n2)c1. The summed E-state index contributed by atoms with van der Waals surface area (Å²) < 4.78 is 6.96. The van der Waals surface area contributed by atoms with Crippen LogP contribution in [0.4, 0.5) is 11.6 Å². The molecule has 3 aromatic heterocycles. The van der Waals surface area contributed by atoms with Crippen LogP contribution in [-0.4, -0.2) is 26.1 Å².